The fraction of sp³-hybridized carbons (Fsp3) is 0.286. The molecule has 2 aromatic heterocycles. The SMILES string of the molecule is c1ccc(-c2nnc(NCCN3CCCC3)cc2-c2ccncc2)cc1. The summed E-state index contributed by atoms with van der Waals surface area (Å²) in [4.78, 5) is 6.62. The molecule has 0 atom stereocenters. The molecule has 3 aromatic rings. The molecule has 5 heteroatoms. The third-order valence-corrected chi connectivity index (χ3v) is 4.77. The first-order valence-corrected chi connectivity index (χ1v) is 9.20. The smallest absolute Gasteiger partial charge is 0.149 e. The highest BCUT2D eigenvalue weighted by atomic mass is 15.2. The Morgan fingerprint density at radius 3 is 2.42 bits per heavy atom. The molecule has 0 radical (unpaired) electrons. The Labute approximate surface area is 154 Å². The van der Waals surface area contributed by atoms with Crippen molar-refractivity contribution in [1.82, 2.24) is 20.1 Å². The van der Waals surface area contributed by atoms with E-state index in [0.717, 1.165) is 41.3 Å². The number of aromatic nitrogens is 3. The van der Waals surface area contributed by atoms with Crippen molar-refractivity contribution in [2.75, 3.05) is 31.5 Å². The number of rotatable bonds is 6. The Morgan fingerprint density at radius 1 is 0.885 bits per heavy atom. The fourth-order valence-electron chi connectivity index (χ4n) is 3.39. The molecule has 1 aliphatic heterocycles. The van der Waals surface area contributed by atoms with Crippen LogP contribution in [0.4, 0.5) is 5.82 Å². The van der Waals surface area contributed by atoms with E-state index in [4.69, 9.17) is 0 Å². The van der Waals surface area contributed by atoms with Crippen molar-refractivity contribution in [2.24, 2.45) is 0 Å². The van der Waals surface area contributed by atoms with E-state index >= 15 is 0 Å². The zero-order valence-corrected chi connectivity index (χ0v) is 14.8. The van der Waals surface area contributed by atoms with Crippen LogP contribution < -0.4 is 5.32 Å². The number of anilines is 1. The maximum atomic E-state index is 4.53. The summed E-state index contributed by atoms with van der Waals surface area (Å²) in [5, 5.41) is 12.4. The number of pyridine rings is 1. The van der Waals surface area contributed by atoms with Crippen LogP contribution in [0.25, 0.3) is 22.4 Å². The Hall–Kier alpha value is -2.79. The van der Waals surface area contributed by atoms with Crippen LogP contribution >= 0.6 is 0 Å². The normalized spacial score (nSPS) is 14.5. The summed E-state index contributed by atoms with van der Waals surface area (Å²) in [6.07, 6.45) is 6.26. The summed E-state index contributed by atoms with van der Waals surface area (Å²) >= 11 is 0. The Kier molecular flexibility index (Phi) is 5.17. The molecule has 1 aromatic carbocycles. The summed E-state index contributed by atoms with van der Waals surface area (Å²) in [5.41, 5.74) is 4.12. The van der Waals surface area contributed by atoms with E-state index < -0.39 is 0 Å². The van der Waals surface area contributed by atoms with Gasteiger partial charge in [0.1, 0.15) is 11.5 Å². The van der Waals surface area contributed by atoms with E-state index in [9.17, 15) is 0 Å². The molecule has 0 spiro atoms. The molecule has 0 amide bonds. The highest BCUT2D eigenvalue weighted by Crippen LogP contribution is 2.30. The van der Waals surface area contributed by atoms with Gasteiger partial charge in [-0.1, -0.05) is 30.3 Å². The number of likely N-dealkylation sites (tertiary alicyclic amines) is 1. The van der Waals surface area contributed by atoms with Gasteiger partial charge < -0.3 is 10.2 Å². The van der Waals surface area contributed by atoms with Crippen LogP contribution in [0.2, 0.25) is 0 Å². The minimum Gasteiger partial charge on any atom is -0.367 e. The number of benzene rings is 1. The van der Waals surface area contributed by atoms with Gasteiger partial charge in [0.2, 0.25) is 0 Å². The van der Waals surface area contributed by atoms with Crippen molar-refractivity contribution in [3.05, 3.63) is 60.9 Å². The van der Waals surface area contributed by atoms with Crippen LogP contribution in [-0.4, -0.2) is 46.3 Å². The molecule has 1 aliphatic rings. The van der Waals surface area contributed by atoms with Crippen molar-refractivity contribution in [2.45, 2.75) is 12.8 Å². The lowest BCUT2D eigenvalue weighted by Gasteiger charge is -2.16. The Morgan fingerprint density at radius 2 is 1.65 bits per heavy atom. The van der Waals surface area contributed by atoms with E-state index in [0.29, 0.717) is 0 Å². The van der Waals surface area contributed by atoms with Crippen LogP contribution in [0, 0.1) is 0 Å². The maximum Gasteiger partial charge on any atom is 0.149 e. The molecular weight excluding hydrogens is 322 g/mol. The van der Waals surface area contributed by atoms with E-state index in [2.05, 4.69) is 43.6 Å². The topological polar surface area (TPSA) is 53.9 Å². The lowest BCUT2D eigenvalue weighted by Crippen LogP contribution is -2.26. The van der Waals surface area contributed by atoms with Gasteiger partial charge in [-0.3, -0.25) is 4.98 Å². The minimum absolute atomic E-state index is 0.815. The molecule has 26 heavy (non-hydrogen) atoms. The second kappa shape index (κ2) is 8.06. The predicted octanol–water partition coefficient (Wildman–Crippen LogP) is 3.71. The summed E-state index contributed by atoms with van der Waals surface area (Å²) in [6, 6.07) is 16.3. The predicted molar refractivity (Wildman–Crippen MR) is 105 cm³/mol. The van der Waals surface area contributed by atoms with Crippen LogP contribution in [-0.2, 0) is 0 Å². The van der Waals surface area contributed by atoms with Crippen LogP contribution in [0.15, 0.2) is 60.9 Å². The largest absolute Gasteiger partial charge is 0.367 e. The molecular formula is C21H23N5. The highest BCUT2D eigenvalue weighted by Gasteiger charge is 2.13. The number of nitrogens with zero attached hydrogens (tertiary/aromatic N) is 4. The molecule has 1 fully saturated rings. The minimum atomic E-state index is 0.815. The first-order valence-electron chi connectivity index (χ1n) is 9.20. The average molecular weight is 345 g/mol. The Balaban J connectivity index is 1.59. The lowest BCUT2D eigenvalue weighted by molar-refractivity contribution is 0.352. The third-order valence-electron chi connectivity index (χ3n) is 4.77. The van der Waals surface area contributed by atoms with E-state index in [1.807, 2.05) is 42.7 Å². The van der Waals surface area contributed by atoms with Crippen molar-refractivity contribution < 1.29 is 0 Å². The monoisotopic (exact) mass is 345 g/mol. The standard InChI is InChI=1S/C21H23N5/c1-2-6-18(7-3-1)21-19(17-8-10-22-11-9-17)16-20(24-25-21)23-12-15-26-13-4-5-14-26/h1-3,6-11,16H,4-5,12-15H2,(H,23,24). The van der Waals surface area contributed by atoms with Crippen LogP contribution in [0.5, 0.6) is 0 Å². The molecule has 5 nitrogen and oxygen atoms in total. The average Bonchev–Trinajstić information content (AvgIpc) is 3.23. The first-order chi connectivity index (χ1) is 12.9. The van der Waals surface area contributed by atoms with Gasteiger partial charge in [0.25, 0.3) is 0 Å². The van der Waals surface area contributed by atoms with Gasteiger partial charge in [0.15, 0.2) is 0 Å². The molecule has 132 valence electrons. The Bertz CT molecular complexity index is 830. The number of hydrogen-bond acceptors (Lipinski definition) is 5. The molecule has 4 rings (SSSR count). The summed E-state index contributed by atoms with van der Waals surface area (Å²) in [5.74, 6) is 0.815. The number of hydrogen-bond donors (Lipinski definition) is 1. The number of nitrogens with one attached hydrogen (secondary N) is 1. The molecule has 0 aliphatic carbocycles. The molecule has 3 heterocycles. The molecule has 0 unspecified atom stereocenters. The molecule has 0 saturated carbocycles. The van der Waals surface area contributed by atoms with Gasteiger partial charge in [-0.15, -0.1) is 10.2 Å². The zero-order chi connectivity index (χ0) is 17.6. The fourth-order valence-corrected chi connectivity index (χ4v) is 3.39. The zero-order valence-electron chi connectivity index (χ0n) is 14.8. The van der Waals surface area contributed by atoms with E-state index in [1.165, 1.54) is 25.9 Å². The van der Waals surface area contributed by atoms with Gasteiger partial charge >= 0.3 is 0 Å². The van der Waals surface area contributed by atoms with Crippen LogP contribution in [0.1, 0.15) is 12.8 Å². The molecule has 1 saturated heterocycles. The maximum absolute atomic E-state index is 4.53. The van der Waals surface area contributed by atoms with Gasteiger partial charge in [-0.05, 0) is 49.7 Å². The quantitative estimate of drug-likeness (QED) is 0.738. The molecule has 0 bridgehead atoms. The van der Waals surface area contributed by atoms with Crippen LogP contribution in [0.3, 0.4) is 0 Å². The van der Waals surface area contributed by atoms with Gasteiger partial charge in [-0.2, -0.15) is 0 Å². The second-order valence-electron chi connectivity index (χ2n) is 6.57. The lowest BCUT2D eigenvalue weighted by atomic mass is 10.0. The van der Waals surface area contributed by atoms with Crippen molar-refractivity contribution >= 4 is 5.82 Å². The van der Waals surface area contributed by atoms with Gasteiger partial charge in [-0.25, -0.2) is 0 Å². The van der Waals surface area contributed by atoms with Crippen molar-refractivity contribution in [3.63, 3.8) is 0 Å². The summed E-state index contributed by atoms with van der Waals surface area (Å²) < 4.78 is 0. The first kappa shape index (κ1) is 16.7. The highest BCUT2D eigenvalue weighted by molar-refractivity contribution is 5.81. The van der Waals surface area contributed by atoms with Crippen molar-refractivity contribution in [1.29, 1.82) is 0 Å². The summed E-state index contributed by atoms with van der Waals surface area (Å²) in [6.45, 7) is 4.35. The summed E-state index contributed by atoms with van der Waals surface area (Å²) in [7, 11) is 0. The van der Waals surface area contributed by atoms with Gasteiger partial charge in [0.05, 0.1) is 0 Å². The third kappa shape index (κ3) is 3.89. The molecule has 1 N–H and O–H groups in total. The van der Waals surface area contributed by atoms with Gasteiger partial charge in [0, 0.05) is 36.6 Å². The van der Waals surface area contributed by atoms with Crippen molar-refractivity contribution in [3.8, 4) is 22.4 Å². The van der Waals surface area contributed by atoms with E-state index in [-0.39, 0.29) is 0 Å². The second-order valence-corrected chi connectivity index (χ2v) is 6.57. The van der Waals surface area contributed by atoms with E-state index in [1.54, 1.807) is 0 Å².